The molecule has 0 spiro atoms. The van der Waals surface area contributed by atoms with Crippen molar-refractivity contribution in [2.75, 3.05) is 19.7 Å². The summed E-state index contributed by atoms with van der Waals surface area (Å²) in [4.78, 5) is 0. The lowest BCUT2D eigenvalue weighted by atomic mass is 9.87. The van der Waals surface area contributed by atoms with Crippen LogP contribution < -0.4 is 21.7 Å². The van der Waals surface area contributed by atoms with Crippen LogP contribution in [0.3, 0.4) is 0 Å². The standard InChI is InChI=1S/C23H45FN6O/c1-16(2)19-14-27-30-22(26-13-17-8-5-6-10-20(17)24)12-21(29-23(19)30)28-18(15-31)9-4-3-7-11-25/h14,16-23,26,28-29,31H,3-13,15,25H2,1-2H3/t17?,18-,19?,20?,21?,22?,23?/m1/s1. The number of aliphatic hydroxyl groups excluding tert-OH is 1. The molecule has 2 aliphatic heterocycles. The van der Waals surface area contributed by atoms with E-state index >= 15 is 0 Å². The average molecular weight is 441 g/mol. The Morgan fingerprint density at radius 1 is 1.26 bits per heavy atom. The van der Waals surface area contributed by atoms with E-state index in [0.717, 1.165) is 57.9 Å². The molecule has 0 aromatic carbocycles. The van der Waals surface area contributed by atoms with Crippen LogP contribution in [0.4, 0.5) is 4.39 Å². The molecule has 0 bridgehead atoms. The van der Waals surface area contributed by atoms with Crippen molar-refractivity contribution in [2.24, 2.45) is 28.6 Å². The summed E-state index contributed by atoms with van der Waals surface area (Å²) in [5.74, 6) is 0.910. The van der Waals surface area contributed by atoms with Crippen molar-refractivity contribution in [2.45, 2.75) is 102 Å². The molecule has 3 aliphatic rings. The Labute approximate surface area is 187 Å². The summed E-state index contributed by atoms with van der Waals surface area (Å²) >= 11 is 0. The Balaban J connectivity index is 1.60. The molecular formula is C23H45FN6O. The molecule has 1 saturated heterocycles. The minimum Gasteiger partial charge on any atom is -0.395 e. The summed E-state index contributed by atoms with van der Waals surface area (Å²) in [6.45, 7) is 6.01. The van der Waals surface area contributed by atoms with Crippen LogP contribution in [0.25, 0.3) is 0 Å². The van der Waals surface area contributed by atoms with E-state index in [2.05, 4.69) is 41.0 Å². The average Bonchev–Trinajstić information content (AvgIpc) is 3.19. The van der Waals surface area contributed by atoms with Crippen molar-refractivity contribution >= 4 is 6.21 Å². The second-order valence-electron chi connectivity index (χ2n) is 10.0. The lowest BCUT2D eigenvalue weighted by Crippen LogP contribution is -2.67. The first-order chi connectivity index (χ1) is 15.0. The fourth-order valence-corrected chi connectivity index (χ4v) is 5.28. The highest BCUT2D eigenvalue weighted by Gasteiger charge is 2.43. The molecule has 180 valence electrons. The van der Waals surface area contributed by atoms with Crippen molar-refractivity contribution in [1.82, 2.24) is 21.0 Å². The highest BCUT2D eigenvalue weighted by molar-refractivity contribution is 5.64. The number of hydrogen-bond donors (Lipinski definition) is 5. The van der Waals surface area contributed by atoms with Gasteiger partial charge in [-0.2, -0.15) is 5.10 Å². The number of fused-ring (bicyclic) bond motifs is 1. The van der Waals surface area contributed by atoms with E-state index in [1.807, 2.05) is 0 Å². The van der Waals surface area contributed by atoms with Crippen LogP contribution in [0.5, 0.6) is 0 Å². The van der Waals surface area contributed by atoms with E-state index in [1.54, 1.807) is 0 Å². The van der Waals surface area contributed by atoms with Crippen LogP contribution in [0.2, 0.25) is 0 Å². The summed E-state index contributed by atoms with van der Waals surface area (Å²) in [7, 11) is 0. The van der Waals surface area contributed by atoms with Crippen LogP contribution in [-0.2, 0) is 0 Å². The minimum atomic E-state index is -0.689. The molecule has 3 rings (SSSR count). The number of unbranched alkanes of at least 4 members (excludes halogenated alkanes) is 2. The zero-order valence-corrected chi connectivity index (χ0v) is 19.5. The number of aliphatic hydroxyl groups is 1. The van der Waals surface area contributed by atoms with Gasteiger partial charge in [0.25, 0.3) is 0 Å². The first-order valence-electron chi connectivity index (χ1n) is 12.6. The quantitative estimate of drug-likeness (QED) is 0.298. The normalized spacial score (nSPS) is 34.3. The van der Waals surface area contributed by atoms with Crippen LogP contribution >= 0.6 is 0 Å². The van der Waals surface area contributed by atoms with Crippen molar-refractivity contribution in [1.29, 1.82) is 0 Å². The van der Waals surface area contributed by atoms with E-state index in [0.29, 0.717) is 24.8 Å². The van der Waals surface area contributed by atoms with Gasteiger partial charge in [0.1, 0.15) is 18.5 Å². The predicted octanol–water partition coefficient (Wildman–Crippen LogP) is 2.12. The molecule has 0 radical (unpaired) electrons. The number of nitrogens with two attached hydrogens (primary N) is 1. The number of nitrogens with zero attached hydrogens (tertiary/aromatic N) is 2. The van der Waals surface area contributed by atoms with Crippen molar-refractivity contribution in [3.8, 4) is 0 Å². The molecule has 1 aliphatic carbocycles. The SMILES string of the molecule is CC(C)C1C=NN2C(NCC3CCCCC3F)CC(N[C@@H](CO)CCCCCN)NC12. The number of rotatable bonds is 12. The zero-order chi connectivity index (χ0) is 22.2. The number of hydrogen-bond acceptors (Lipinski definition) is 7. The first kappa shape index (κ1) is 24.8. The molecule has 0 aromatic heterocycles. The van der Waals surface area contributed by atoms with Gasteiger partial charge in [-0.1, -0.05) is 39.5 Å². The molecule has 7 atom stereocenters. The van der Waals surface area contributed by atoms with Crippen molar-refractivity contribution in [3.05, 3.63) is 0 Å². The van der Waals surface area contributed by atoms with Gasteiger partial charge in [0.15, 0.2) is 0 Å². The summed E-state index contributed by atoms with van der Waals surface area (Å²) in [6, 6.07) is 0.0656. The zero-order valence-electron chi connectivity index (χ0n) is 19.5. The van der Waals surface area contributed by atoms with E-state index in [1.165, 1.54) is 0 Å². The van der Waals surface area contributed by atoms with Gasteiger partial charge in [-0.3, -0.25) is 21.0 Å². The second-order valence-corrected chi connectivity index (χ2v) is 10.0. The highest BCUT2D eigenvalue weighted by Crippen LogP contribution is 2.30. The second kappa shape index (κ2) is 12.4. The maximum Gasteiger partial charge on any atom is 0.108 e. The van der Waals surface area contributed by atoms with Crippen LogP contribution in [0.15, 0.2) is 5.10 Å². The Kier molecular flexibility index (Phi) is 9.97. The summed E-state index contributed by atoms with van der Waals surface area (Å²) in [5.41, 5.74) is 5.60. The molecule has 7 nitrogen and oxygen atoms in total. The van der Waals surface area contributed by atoms with Gasteiger partial charge < -0.3 is 10.8 Å². The fraction of sp³-hybridized carbons (Fsp3) is 0.957. The first-order valence-corrected chi connectivity index (χ1v) is 12.6. The monoisotopic (exact) mass is 440 g/mol. The van der Waals surface area contributed by atoms with Crippen molar-refractivity contribution < 1.29 is 9.50 Å². The Morgan fingerprint density at radius 3 is 2.77 bits per heavy atom. The maximum absolute atomic E-state index is 14.4. The topological polar surface area (TPSA) is 97.9 Å². The van der Waals surface area contributed by atoms with E-state index < -0.39 is 6.17 Å². The van der Waals surface area contributed by atoms with Gasteiger partial charge in [0.05, 0.1) is 12.8 Å². The Hall–Kier alpha value is -0.800. The van der Waals surface area contributed by atoms with Gasteiger partial charge in [-0.05, 0) is 38.1 Å². The molecule has 2 heterocycles. The third-order valence-corrected chi connectivity index (χ3v) is 7.29. The molecule has 0 amide bonds. The van der Waals surface area contributed by atoms with Gasteiger partial charge in [-0.25, -0.2) is 4.39 Å². The summed E-state index contributed by atoms with van der Waals surface area (Å²) in [6.07, 6.45) is 10.4. The van der Waals surface area contributed by atoms with Crippen molar-refractivity contribution in [3.63, 3.8) is 0 Å². The smallest absolute Gasteiger partial charge is 0.108 e. The molecular weight excluding hydrogens is 395 g/mol. The number of nitrogens with one attached hydrogen (secondary N) is 3. The molecule has 1 saturated carbocycles. The van der Waals surface area contributed by atoms with Gasteiger partial charge >= 0.3 is 0 Å². The minimum absolute atomic E-state index is 0.0643. The molecule has 6 unspecified atom stereocenters. The third-order valence-electron chi connectivity index (χ3n) is 7.29. The highest BCUT2D eigenvalue weighted by atomic mass is 19.1. The van der Waals surface area contributed by atoms with E-state index in [9.17, 15) is 9.50 Å². The molecule has 0 aromatic rings. The van der Waals surface area contributed by atoms with Gasteiger partial charge in [0, 0.05) is 37.1 Å². The largest absolute Gasteiger partial charge is 0.395 e. The molecule has 8 heteroatoms. The van der Waals surface area contributed by atoms with Crippen LogP contribution in [0.1, 0.15) is 71.6 Å². The van der Waals surface area contributed by atoms with E-state index in [-0.39, 0.29) is 37.1 Å². The lowest BCUT2D eigenvalue weighted by molar-refractivity contribution is 0.00513. The predicted molar refractivity (Wildman–Crippen MR) is 124 cm³/mol. The third kappa shape index (κ3) is 6.84. The molecule has 31 heavy (non-hydrogen) atoms. The van der Waals surface area contributed by atoms with Gasteiger partial charge in [-0.15, -0.1) is 0 Å². The fourth-order valence-electron chi connectivity index (χ4n) is 5.28. The lowest BCUT2D eigenvalue weighted by Gasteiger charge is -2.45. The molecule has 2 fully saturated rings. The summed E-state index contributed by atoms with van der Waals surface area (Å²) < 4.78 is 14.4. The van der Waals surface area contributed by atoms with Gasteiger partial charge in [0.2, 0.25) is 0 Å². The van der Waals surface area contributed by atoms with E-state index in [4.69, 9.17) is 10.8 Å². The van der Waals surface area contributed by atoms with Crippen LogP contribution in [-0.4, -0.2) is 66.7 Å². The Bertz CT molecular complexity index is 550. The van der Waals surface area contributed by atoms with Crippen LogP contribution in [0, 0.1) is 17.8 Å². The number of alkyl halides is 1. The summed E-state index contributed by atoms with van der Waals surface area (Å²) in [5, 5.41) is 27.8. The Morgan fingerprint density at radius 2 is 2.06 bits per heavy atom. The maximum atomic E-state index is 14.4. The number of hydrazone groups is 1. The number of halogens is 1. The molecule has 6 N–H and O–H groups in total.